The molecule has 5 atom stereocenters. The number of carbonyl (C=O) groups excluding carboxylic acids is 6. The van der Waals surface area contributed by atoms with Gasteiger partial charge in [-0.05, 0) is 84.0 Å². The lowest BCUT2D eigenvalue weighted by atomic mass is 9.83. The molecule has 12 nitrogen and oxygen atoms in total. The van der Waals surface area contributed by atoms with Crippen LogP contribution in [0.1, 0.15) is 114 Å². The van der Waals surface area contributed by atoms with Crippen molar-refractivity contribution in [2.24, 2.45) is 23.2 Å². The maximum atomic E-state index is 14.3. The van der Waals surface area contributed by atoms with Crippen LogP contribution in [0.15, 0.2) is 0 Å². The van der Waals surface area contributed by atoms with E-state index in [1.807, 2.05) is 6.92 Å². The third kappa shape index (κ3) is 9.67. The summed E-state index contributed by atoms with van der Waals surface area (Å²) in [6.07, 6.45) is 4.52. The number of amides is 4. The normalized spacial score (nSPS) is 23.8. The number of Topliss-reactive ketones (excluding diaryl/α,β-unsaturated/α-hetero) is 1. The second kappa shape index (κ2) is 14.7. The minimum absolute atomic E-state index is 0.0810. The maximum absolute atomic E-state index is 14.3. The largest absolute Gasteiger partial charge is 0.460 e. The Hall–Kier alpha value is -3.18. The highest BCUT2D eigenvalue weighted by Gasteiger charge is 2.69. The monoisotopic (exact) mass is 648 g/mol. The highest BCUT2D eigenvalue weighted by atomic mass is 16.6. The Morgan fingerprint density at radius 3 is 2.07 bits per heavy atom. The molecule has 3 rings (SSSR count). The van der Waals surface area contributed by atoms with Gasteiger partial charge in [0, 0.05) is 13.1 Å². The molecule has 0 bridgehead atoms. The molecule has 260 valence electrons. The van der Waals surface area contributed by atoms with E-state index in [1.54, 1.807) is 46.4 Å². The number of hydrogen-bond donors (Lipinski definition) is 3. The molecule has 46 heavy (non-hydrogen) atoms. The van der Waals surface area contributed by atoms with Gasteiger partial charge in [-0.1, -0.05) is 46.5 Å². The molecule has 0 radical (unpaired) electrons. The summed E-state index contributed by atoms with van der Waals surface area (Å²) in [6, 6.07) is -2.78. The van der Waals surface area contributed by atoms with Crippen LogP contribution in [0, 0.1) is 23.2 Å². The summed E-state index contributed by atoms with van der Waals surface area (Å²) in [7, 11) is 0. The Kier molecular flexibility index (Phi) is 11.9. The summed E-state index contributed by atoms with van der Waals surface area (Å²) < 4.78 is 10.7. The third-order valence-corrected chi connectivity index (χ3v) is 9.29. The van der Waals surface area contributed by atoms with E-state index in [-0.39, 0.29) is 48.5 Å². The van der Waals surface area contributed by atoms with Crippen molar-refractivity contribution in [2.75, 3.05) is 13.1 Å². The quantitative estimate of drug-likeness (QED) is 0.214. The number of nitrogens with zero attached hydrogens (tertiary/aromatic N) is 1. The van der Waals surface area contributed by atoms with Crippen LogP contribution >= 0.6 is 0 Å². The average Bonchev–Trinajstić information content (AvgIpc) is 3.25. The van der Waals surface area contributed by atoms with Crippen LogP contribution in [0.2, 0.25) is 0 Å². The zero-order valence-corrected chi connectivity index (χ0v) is 29.2. The molecule has 1 heterocycles. The van der Waals surface area contributed by atoms with Gasteiger partial charge in [0.1, 0.15) is 23.3 Å². The number of esters is 1. The Balaban J connectivity index is 1.75. The van der Waals surface area contributed by atoms with Gasteiger partial charge in [0.05, 0.1) is 12.5 Å². The van der Waals surface area contributed by atoms with E-state index < -0.39 is 59.0 Å². The van der Waals surface area contributed by atoms with Gasteiger partial charge >= 0.3 is 12.1 Å². The van der Waals surface area contributed by atoms with E-state index in [2.05, 4.69) is 29.8 Å². The van der Waals surface area contributed by atoms with E-state index in [0.29, 0.717) is 13.0 Å². The van der Waals surface area contributed by atoms with Crippen LogP contribution < -0.4 is 16.0 Å². The predicted octanol–water partition coefficient (Wildman–Crippen LogP) is 3.65. The number of hydrogen-bond acceptors (Lipinski definition) is 8. The molecule has 2 saturated carbocycles. The van der Waals surface area contributed by atoms with Crippen LogP contribution in [0.25, 0.3) is 0 Å². The molecule has 4 amide bonds. The van der Waals surface area contributed by atoms with E-state index >= 15 is 0 Å². The fraction of sp³-hybridized carbons (Fsp3) is 0.824. The molecule has 1 aliphatic heterocycles. The molecule has 0 aromatic carbocycles. The minimum Gasteiger partial charge on any atom is -0.460 e. The highest BCUT2D eigenvalue weighted by molar-refractivity contribution is 6.38. The number of piperidine rings is 1. The number of alkyl carbamates (subject to hydrolysis) is 1. The van der Waals surface area contributed by atoms with Gasteiger partial charge in [-0.3, -0.25) is 24.0 Å². The predicted molar refractivity (Wildman–Crippen MR) is 171 cm³/mol. The van der Waals surface area contributed by atoms with Gasteiger partial charge in [0.15, 0.2) is 0 Å². The number of ketones is 1. The number of likely N-dealkylation sites (tertiary alicyclic amines) is 1. The van der Waals surface area contributed by atoms with Gasteiger partial charge in [-0.25, -0.2) is 4.79 Å². The van der Waals surface area contributed by atoms with Gasteiger partial charge in [-0.2, -0.15) is 0 Å². The van der Waals surface area contributed by atoms with Crippen LogP contribution in [0.3, 0.4) is 0 Å². The molecule has 3 fully saturated rings. The Morgan fingerprint density at radius 1 is 0.891 bits per heavy atom. The number of rotatable bonds is 12. The number of carbonyl (C=O) groups is 6. The Morgan fingerprint density at radius 2 is 1.50 bits per heavy atom. The first-order valence-corrected chi connectivity index (χ1v) is 16.9. The third-order valence-electron chi connectivity index (χ3n) is 9.29. The highest BCUT2D eigenvalue weighted by Crippen LogP contribution is 2.65. The Bertz CT molecular complexity index is 1160. The van der Waals surface area contributed by atoms with E-state index in [0.717, 1.165) is 32.1 Å². The van der Waals surface area contributed by atoms with Crippen LogP contribution in [-0.2, 0) is 33.4 Å². The first kappa shape index (κ1) is 37.3. The lowest BCUT2D eigenvalue weighted by Gasteiger charge is -2.37. The molecule has 0 aromatic rings. The molecule has 0 spiro atoms. The smallest absolute Gasteiger partial charge is 0.408 e. The van der Waals surface area contributed by atoms with Gasteiger partial charge < -0.3 is 30.3 Å². The van der Waals surface area contributed by atoms with Crippen molar-refractivity contribution in [1.29, 1.82) is 0 Å². The number of fused-ring (bicyclic) bond motifs is 1. The summed E-state index contributed by atoms with van der Waals surface area (Å²) in [4.78, 5) is 80.6. The number of ether oxygens (including phenoxy) is 2. The fourth-order valence-electron chi connectivity index (χ4n) is 7.01. The van der Waals surface area contributed by atoms with Crippen molar-refractivity contribution in [2.45, 2.75) is 143 Å². The first-order valence-electron chi connectivity index (χ1n) is 16.9. The summed E-state index contributed by atoms with van der Waals surface area (Å²) in [5.74, 6) is -3.13. The van der Waals surface area contributed by atoms with Crippen LogP contribution in [0.4, 0.5) is 4.79 Å². The lowest BCUT2D eigenvalue weighted by molar-refractivity contribution is -0.154. The topological polar surface area (TPSA) is 160 Å². The molecular weight excluding hydrogens is 592 g/mol. The molecule has 1 saturated heterocycles. The second-order valence-corrected chi connectivity index (χ2v) is 15.7. The van der Waals surface area contributed by atoms with Gasteiger partial charge in [0.2, 0.25) is 17.6 Å². The molecular formula is C34H56N4O8. The standard InChI is InChI=1S/C34H56N4O8/c1-10-14-22(27(40)29(42)35-18-17-23(39)45-32(2,3)4)36-28(41)26-24-21(34(24,8)9)19-38(26)30(43)25(20-15-12-11-13-16-20)37-31(44)46-33(5,6)7/h20-22,24-26H,10-19H2,1-9H3,(H,35,42)(H,36,41)(H,37,44)/t21?,22?,24?,25?,26-/m0/s1. The zero-order chi connectivity index (χ0) is 34.6. The fourth-order valence-corrected chi connectivity index (χ4v) is 7.01. The van der Waals surface area contributed by atoms with E-state index in [4.69, 9.17) is 9.47 Å². The molecule has 12 heteroatoms. The second-order valence-electron chi connectivity index (χ2n) is 15.7. The summed E-state index contributed by atoms with van der Waals surface area (Å²) in [5.41, 5.74) is -1.59. The maximum Gasteiger partial charge on any atom is 0.408 e. The van der Waals surface area contributed by atoms with Crippen molar-refractivity contribution in [3.05, 3.63) is 0 Å². The SMILES string of the molecule is CCCC(NC(=O)[C@@H]1C2C(CN1C(=O)C(NC(=O)OC(C)(C)C)C1CCCCC1)C2(C)C)C(=O)C(=O)NCCC(=O)OC(C)(C)C. The minimum atomic E-state index is -1.09. The summed E-state index contributed by atoms with van der Waals surface area (Å²) in [5, 5.41) is 8.10. The molecule has 2 aliphatic carbocycles. The van der Waals surface area contributed by atoms with Crippen LogP contribution in [-0.4, -0.2) is 82.9 Å². The summed E-state index contributed by atoms with van der Waals surface area (Å²) in [6.45, 7) is 16.8. The van der Waals surface area contributed by atoms with Crippen molar-refractivity contribution < 1.29 is 38.2 Å². The Labute approximate surface area is 273 Å². The zero-order valence-electron chi connectivity index (χ0n) is 29.2. The first-order chi connectivity index (χ1) is 21.3. The molecule has 0 aromatic heterocycles. The molecule has 4 unspecified atom stereocenters. The number of nitrogens with one attached hydrogen (secondary N) is 3. The van der Waals surface area contributed by atoms with Crippen molar-refractivity contribution in [1.82, 2.24) is 20.9 Å². The lowest BCUT2D eigenvalue weighted by Crippen LogP contribution is -2.59. The van der Waals surface area contributed by atoms with Crippen molar-refractivity contribution in [3.63, 3.8) is 0 Å². The van der Waals surface area contributed by atoms with E-state index in [1.165, 1.54) is 0 Å². The average molecular weight is 649 g/mol. The van der Waals surface area contributed by atoms with Gasteiger partial charge in [0.25, 0.3) is 5.91 Å². The molecule has 3 aliphatic rings. The van der Waals surface area contributed by atoms with Crippen LogP contribution in [0.5, 0.6) is 0 Å². The van der Waals surface area contributed by atoms with Crippen molar-refractivity contribution >= 4 is 35.6 Å². The summed E-state index contributed by atoms with van der Waals surface area (Å²) >= 11 is 0. The van der Waals surface area contributed by atoms with E-state index in [9.17, 15) is 28.8 Å². The van der Waals surface area contributed by atoms with Gasteiger partial charge in [-0.15, -0.1) is 0 Å². The van der Waals surface area contributed by atoms with Crippen molar-refractivity contribution in [3.8, 4) is 0 Å². The molecule has 3 N–H and O–H groups in total.